The van der Waals surface area contributed by atoms with Crippen LogP contribution in [0.4, 0.5) is 17.2 Å². The number of rotatable bonds is 4. The summed E-state index contributed by atoms with van der Waals surface area (Å²) in [7, 11) is 0. The molecule has 0 aliphatic rings. The highest BCUT2D eigenvalue weighted by molar-refractivity contribution is 9.11. The first kappa shape index (κ1) is 16.0. The average molecular weight is 435 g/mol. The van der Waals surface area contributed by atoms with E-state index in [1.165, 1.54) is 0 Å². The number of fused-ring (bicyclic) bond motifs is 1. The monoisotopic (exact) mass is 433 g/mol. The maximum atomic E-state index is 4.44. The van der Waals surface area contributed by atoms with Crippen LogP contribution in [0, 0.1) is 0 Å². The minimum absolute atomic E-state index is 0.521. The molecule has 0 aliphatic heterocycles. The van der Waals surface area contributed by atoms with Gasteiger partial charge in [0.25, 0.3) is 0 Å². The quantitative estimate of drug-likeness (QED) is 0.512. The molecular formula is C16H13Br2N5. The molecule has 0 amide bonds. The van der Waals surface area contributed by atoms with Crippen LogP contribution in [0.5, 0.6) is 0 Å². The lowest BCUT2D eigenvalue weighted by molar-refractivity contribution is 1.14. The highest BCUT2D eigenvalue weighted by Gasteiger charge is 2.07. The Hall–Kier alpha value is -1.86. The molecule has 2 aromatic heterocycles. The largest absolute Gasteiger partial charge is 0.385 e. The number of halogens is 2. The third-order valence-corrected chi connectivity index (χ3v) is 4.17. The molecule has 0 bridgehead atoms. The van der Waals surface area contributed by atoms with E-state index in [4.69, 9.17) is 0 Å². The van der Waals surface area contributed by atoms with Crippen LogP contribution in [-0.2, 0) is 0 Å². The van der Waals surface area contributed by atoms with Crippen molar-refractivity contribution in [3.05, 3.63) is 51.7 Å². The van der Waals surface area contributed by atoms with Crippen LogP contribution >= 0.6 is 31.9 Å². The van der Waals surface area contributed by atoms with E-state index in [-0.39, 0.29) is 0 Å². The van der Waals surface area contributed by atoms with E-state index in [0.717, 1.165) is 32.1 Å². The number of anilines is 1. The topological polar surface area (TPSA) is 62.5 Å². The molecule has 0 fully saturated rings. The maximum Gasteiger partial charge on any atom is 0.188 e. The summed E-state index contributed by atoms with van der Waals surface area (Å²) in [6.45, 7) is 2.91. The van der Waals surface area contributed by atoms with Crippen molar-refractivity contribution in [3.63, 3.8) is 0 Å². The number of pyridine rings is 2. The van der Waals surface area contributed by atoms with E-state index in [1.807, 2.05) is 30.3 Å². The van der Waals surface area contributed by atoms with Gasteiger partial charge in [-0.05, 0) is 69.1 Å². The van der Waals surface area contributed by atoms with Crippen molar-refractivity contribution < 1.29 is 0 Å². The molecule has 1 N–H and O–H groups in total. The number of hydrogen-bond acceptors (Lipinski definition) is 5. The van der Waals surface area contributed by atoms with Gasteiger partial charge in [0, 0.05) is 34.5 Å². The maximum absolute atomic E-state index is 4.44. The predicted octanol–water partition coefficient (Wildman–Crippen LogP) is 6.00. The Morgan fingerprint density at radius 2 is 2.00 bits per heavy atom. The Morgan fingerprint density at radius 3 is 2.78 bits per heavy atom. The smallest absolute Gasteiger partial charge is 0.188 e. The standard InChI is InChI=1S/C16H13Br2N5/c1-2-19-13-5-6-14(15-11(13)4-3-7-20-15)22-23-16-12(18)8-10(17)9-21-16/h3-9,19H,2H2,1H3. The molecule has 2 heterocycles. The minimum atomic E-state index is 0.521. The summed E-state index contributed by atoms with van der Waals surface area (Å²) >= 11 is 6.80. The Bertz CT molecular complexity index is 879. The SMILES string of the molecule is CCNc1ccc(N=Nc2ncc(Br)cc2Br)c2ncccc12. The summed E-state index contributed by atoms with van der Waals surface area (Å²) < 4.78 is 1.66. The summed E-state index contributed by atoms with van der Waals surface area (Å²) in [5.74, 6) is 0.521. The van der Waals surface area contributed by atoms with E-state index >= 15 is 0 Å². The summed E-state index contributed by atoms with van der Waals surface area (Å²) in [5.41, 5.74) is 2.55. The van der Waals surface area contributed by atoms with Crippen molar-refractivity contribution in [3.8, 4) is 0 Å². The van der Waals surface area contributed by atoms with Crippen molar-refractivity contribution in [2.75, 3.05) is 11.9 Å². The summed E-state index contributed by atoms with van der Waals surface area (Å²) in [6.07, 6.45) is 3.44. The lowest BCUT2D eigenvalue weighted by atomic mass is 10.1. The van der Waals surface area contributed by atoms with E-state index < -0.39 is 0 Å². The second kappa shape index (κ2) is 7.14. The fraction of sp³-hybridized carbons (Fsp3) is 0.125. The molecule has 0 saturated heterocycles. The van der Waals surface area contributed by atoms with Gasteiger partial charge in [-0.25, -0.2) is 4.98 Å². The van der Waals surface area contributed by atoms with Gasteiger partial charge in [0.2, 0.25) is 0 Å². The van der Waals surface area contributed by atoms with E-state index in [9.17, 15) is 0 Å². The van der Waals surface area contributed by atoms with Gasteiger partial charge in [0.05, 0.1) is 9.99 Å². The zero-order chi connectivity index (χ0) is 16.2. The van der Waals surface area contributed by atoms with Gasteiger partial charge in [-0.3, -0.25) is 4.98 Å². The average Bonchev–Trinajstić information content (AvgIpc) is 2.56. The molecule has 116 valence electrons. The molecule has 0 radical (unpaired) electrons. The Kier molecular flexibility index (Phi) is 4.97. The van der Waals surface area contributed by atoms with Gasteiger partial charge in [-0.1, -0.05) is 0 Å². The van der Waals surface area contributed by atoms with Crippen LogP contribution in [0.2, 0.25) is 0 Å². The zero-order valence-corrected chi connectivity index (χ0v) is 15.5. The second-order valence-corrected chi connectivity index (χ2v) is 6.49. The van der Waals surface area contributed by atoms with Crippen molar-refractivity contribution >= 4 is 60.0 Å². The lowest BCUT2D eigenvalue weighted by Gasteiger charge is -2.08. The van der Waals surface area contributed by atoms with Crippen LogP contribution < -0.4 is 5.32 Å². The molecular weight excluding hydrogens is 422 g/mol. The number of aromatic nitrogens is 2. The molecule has 0 saturated carbocycles. The first-order valence-electron chi connectivity index (χ1n) is 7.03. The molecule has 0 atom stereocenters. The highest BCUT2D eigenvalue weighted by Crippen LogP contribution is 2.32. The van der Waals surface area contributed by atoms with Gasteiger partial charge in [0.1, 0.15) is 5.69 Å². The number of benzene rings is 1. The third-order valence-electron chi connectivity index (χ3n) is 3.16. The Morgan fingerprint density at radius 1 is 1.13 bits per heavy atom. The van der Waals surface area contributed by atoms with Crippen molar-refractivity contribution in [2.45, 2.75) is 6.92 Å². The number of hydrogen-bond donors (Lipinski definition) is 1. The van der Waals surface area contributed by atoms with Gasteiger partial charge in [-0.15, -0.1) is 10.2 Å². The highest BCUT2D eigenvalue weighted by atomic mass is 79.9. The lowest BCUT2D eigenvalue weighted by Crippen LogP contribution is -1.97. The molecule has 5 nitrogen and oxygen atoms in total. The van der Waals surface area contributed by atoms with Crippen LogP contribution in [-0.4, -0.2) is 16.5 Å². The van der Waals surface area contributed by atoms with Crippen LogP contribution in [0.3, 0.4) is 0 Å². The molecule has 1 aromatic carbocycles. The molecule has 3 rings (SSSR count). The van der Waals surface area contributed by atoms with Gasteiger partial charge in [-0.2, -0.15) is 0 Å². The van der Waals surface area contributed by atoms with E-state index in [1.54, 1.807) is 12.4 Å². The summed E-state index contributed by atoms with van der Waals surface area (Å²) in [5, 5.41) is 12.9. The van der Waals surface area contributed by atoms with Gasteiger partial charge < -0.3 is 5.32 Å². The number of nitrogens with zero attached hydrogens (tertiary/aromatic N) is 4. The van der Waals surface area contributed by atoms with Gasteiger partial charge in [0.15, 0.2) is 5.82 Å². The Balaban J connectivity index is 2.03. The van der Waals surface area contributed by atoms with E-state index in [2.05, 4.69) is 64.3 Å². The van der Waals surface area contributed by atoms with Crippen molar-refractivity contribution in [2.24, 2.45) is 10.2 Å². The first-order chi connectivity index (χ1) is 11.2. The first-order valence-corrected chi connectivity index (χ1v) is 8.62. The third kappa shape index (κ3) is 3.56. The van der Waals surface area contributed by atoms with Crippen LogP contribution in [0.25, 0.3) is 10.9 Å². The zero-order valence-electron chi connectivity index (χ0n) is 12.3. The predicted molar refractivity (Wildman–Crippen MR) is 99.7 cm³/mol. The molecule has 7 heteroatoms. The normalized spacial score (nSPS) is 11.3. The molecule has 0 aliphatic carbocycles. The van der Waals surface area contributed by atoms with E-state index in [0.29, 0.717) is 11.5 Å². The van der Waals surface area contributed by atoms with Crippen molar-refractivity contribution in [1.29, 1.82) is 0 Å². The van der Waals surface area contributed by atoms with Gasteiger partial charge >= 0.3 is 0 Å². The second-order valence-electron chi connectivity index (χ2n) is 4.72. The molecule has 3 aromatic rings. The number of nitrogens with one attached hydrogen (secondary N) is 1. The van der Waals surface area contributed by atoms with Crippen LogP contribution in [0.15, 0.2) is 61.9 Å². The number of azo groups is 1. The Labute approximate surface area is 150 Å². The fourth-order valence-corrected chi connectivity index (χ4v) is 3.23. The van der Waals surface area contributed by atoms with Crippen molar-refractivity contribution in [1.82, 2.24) is 9.97 Å². The fourth-order valence-electron chi connectivity index (χ4n) is 2.17. The summed E-state index contributed by atoms with van der Waals surface area (Å²) in [4.78, 5) is 8.67. The molecule has 23 heavy (non-hydrogen) atoms. The minimum Gasteiger partial charge on any atom is -0.385 e. The molecule has 0 spiro atoms. The summed E-state index contributed by atoms with van der Waals surface area (Å²) in [6, 6.07) is 9.71. The van der Waals surface area contributed by atoms with Crippen LogP contribution in [0.1, 0.15) is 6.92 Å². The molecule has 0 unspecified atom stereocenters.